The zero-order valence-electron chi connectivity index (χ0n) is 11.7. The van der Waals surface area contributed by atoms with Crippen molar-refractivity contribution in [2.24, 2.45) is 0 Å². The lowest BCUT2D eigenvalue weighted by molar-refractivity contribution is -0.0224. The van der Waals surface area contributed by atoms with E-state index in [0.717, 1.165) is 31.9 Å². The van der Waals surface area contributed by atoms with Crippen LogP contribution in [0.4, 0.5) is 0 Å². The summed E-state index contributed by atoms with van der Waals surface area (Å²) >= 11 is 0. The third-order valence-electron chi connectivity index (χ3n) is 3.69. The molecule has 1 aliphatic heterocycles. The van der Waals surface area contributed by atoms with Crippen molar-refractivity contribution in [3.8, 4) is 11.4 Å². The van der Waals surface area contributed by atoms with Gasteiger partial charge in [-0.15, -0.1) is 0 Å². The summed E-state index contributed by atoms with van der Waals surface area (Å²) in [6.07, 6.45) is 3.44. The lowest BCUT2D eigenvalue weighted by Crippen LogP contribution is -2.48. The first-order valence-corrected chi connectivity index (χ1v) is 6.75. The zero-order chi connectivity index (χ0) is 14.0. The quantitative estimate of drug-likeness (QED) is 0.848. The molecular weight excluding hydrogens is 256 g/mol. The molecule has 20 heavy (non-hydrogen) atoms. The van der Waals surface area contributed by atoms with Crippen LogP contribution in [0.3, 0.4) is 0 Å². The molecule has 106 valence electrons. The van der Waals surface area contributed by atoms with E-state index in [-0.39, 0.29) is 5.54 Å². The molecule has 1 saturated heterocycles. The maximum atomic E-state index is 5.47. The van der Waals surface area contributed by atoms with Crippen molar-refractivity contribution >= 4 is 0 Å². The van der Waals surface area contributed by atoms with Crippen LogP contribution >= 0.6 is 0 Å². The molecule has 2 aromatic heterocycles. The highest BCUT2D eigenvalue weighted by molar-refractivity contribution is 5.52. The second-order valence-electron chi connectivity index (χ2n) is 5.32. The Hall–Kier alpha value is -1.79. The van der Waals surface area contributed by atoms with Gasteiger partial charge in [0.15, 0.2) is 0 Å². The van der Waals surface area contributed by atoms with Crippen molar-refractivity contribution in [1.29, 1.82) is 0 Å². The molecule has 6 heteroatoms. The van der Waals surface area contributed by atoms with Gasteiger partial charge in [0.05, 0.1) is 18.8 Å². The number of hydrogen-bond acceptors (Lipinski definition) is 6. The fourth-order valence-corrected chi connectivity index (χ4v) is 2.35. The Morgan fingerprint density at radius 1 is 1.15 bits per heavy atom. The second-order valence-corrected chi connectivity index (χ2v) is 5.32. The van der Waals surface area contributed by atoms with Gasteiger partial charge >= 0.3 is 0 Å². The van der Waals surface area contributed by atoms with Gasteiger partial charge in [-0.25, -0.2) is 0 Å². The molecule has 2 aromatic rings. The van der Waals surface area contributed by atoms with Gasteiger partial charge < -0.3 is 9.26 Å². The Kier molecular flexibility index (Phi) is 3.50. The number of morpholine rings is 1. The van der Waals surface area contributed by atoms with E-state index in [1.165, 1.54) is 0 Å². The number of aromatic nitrogens is 3. The molecule has 6 nitrogen and oxygen atoms in total. The van der Waals surface area contributed by atoms with E-state index >= 15 is 0 Å². The van der Waals surface area contributed by atoms with Crippen molar-refractivity contribution in [3.63, 3.8) is 0 Å². The Balaban J connectivity index is 1.85. The van der Waals surface area contributed by atoms with E-state index in [4.69, 9.17) is 9.26 Å². The molecule has 1 fully saturated rings. The molecule has 0 aliphatic carbocycles. The molecule has 0 radical (unpaired) electrons. The first kappa shape index (κ1) is 13.2. The number of ether oxygens (including phenoxy) is 1. The smallest absolute Gasteiger partial charge is 0.246 e. The lowest BCUT2D eigenvalue weighted by atomic mass is 10.0. The summed E-state index contributed by atoms with van der Waals surface area (Å²) in [5, 5.41) is 4.08. The van der Waals surface area contributed by atoms with E-state index in [2.05, 4.69) is 33.9 Å². The average Bonchev–Trinajstić information content (AvgIpc) is 3.00. The first-order valence-electron chi connectivity index (χ1n) is 6.75. The zero-order valence-corrected chi connectivity index (χ0v) is 11.7. The summed E-state index contributed by atoms with van der Waals surface area (Å²) in [6.45, 7) is 7.44. The van der Waals surface area contributed by atoms with Gasteiger partial charge in [0.2, 0.25) is 11.7 Å². The predicted molar refractivity (Wildman–Crippen MR) is 72.9 cm³/mol. The highest BCUT2D eigenvalue weighted by Crippen LogP contribution is 2.28. The molecule has 0 saturated carbocycles. The van der Waals surface area contributed by atoms with Gasteiger partial charge in [0.1, 0.15) is 0 Å². The fraction of sp³-hybridized carbons (Fsp3) is 0.500. The Labute approximate surface area is 117 Å². The monoisotopic (exact) mass is 274 g/mol. The molecule has 3 rings (SSSR count). The molecule has 0 amide bonds. The standard InChI is InChI=1S/C14H18N4O2/c1-14(2,18-7-9-19-10-8-18)13-16-12(17-20-13)11-3-5-15-6-4-11/h3-6H,7-10H2,1-2H3. The molecule has 0 aromatic carbocycles. The van der Waals surface area contributed by atoms with Crippen LogP contribution in [0.25, 0.3) is 11.4 Å². The maximum absolute atomic E-state index is 5.47. The minimum absolute atomic E-state index is 0.290. The molecule has 0 atom stereocenters. The van der Waals surface area contributed by atoms with Crippen molar-refractivity contribution in [3.05, 3.63) is 30.4 Å². The fourth-order valence-electron chi connectivity index (χ4n) is 2.35. The largest absolute Gasteiger partial charge is 0.379 e. The molecule has 0 N–H and O–H groups in total. The van der Waals surface area contributed by atoms with Crippen LogP contribution in [-0.4, -0.2) is 46.3 Å². The van der Waals surface area contributed by atoms with E-state index < -0.39 is 0 Å². The summed E-state index contributed by atoms with van der Waals surface area (Å²) < 4.78 is 10.9. The van der Waals surface area contributed by atoms with Crippen LogP contribution in [0, 0.1) is 0 Å². The number of pyridine rings is 1. The van der Waals surface area contributed by atoms with E-state index in [1.807, 2.05) is 12.1 Å². The summed E-state index contributed by atoms with van der Waals surface area (Å²) in [5.41, 5.74) is 0.620. The van der Waals surface area contributed by atoms with Crippen LogP contribution < -0.4 is 0 Å². The molecule has 1 aliphatic rings. The molecule has 0 unspecified atom stereocenters. The average molecular weight is 274 g/mol. The molecule has 0 spiro atoms. The van der Waals surface area contributed by atoms with Gasteiger partial charge in [-0.2, -0.15) is 4.98 Å². The van der Waals surface area contributed by atoms with Crippen molar-refractivity contribution in [2.45, 2.75) is 19.4 Å². The first-order chi connectivity index (χ1) is 9.68. The van der Waals surface area contributed by atoms with Crippen LogP contribution in [0.15, 0.2) is 29.0 Å². The van der Waals surface area contributed by atoms with E-state index in [0.29, 0.717) is 11.7 Å². The Bertz CT molecular complexity index is 562. The van der Waals surface area contributed by atoms with Crippen LogP contribution in [0.5, 0.6) is 0 Å². The SMILES string of the molecule is CC(C)(c1nc(-c2ccncc2)no1)N1CCOCC1. The molecule has 3 heterocycles. The third-order valence-corrected chi connectivity index (χ3v) is 3.69. The summed E-state index contributed by atoms with van der Waals surface area (Å²) in [5.74, 6) is 1.23. The number of rotatable bonds is 3. The number of hydrogen-bond donors (Lipinski definition) is 0. The summed E-state index contributed by atoms with van der Waals surface area (Å²) in [6, 6.07) is 3.74. The Morgan fingerprint density at radius 3 is 2.55 bits per heavy atom. The molecule has 0 bridgehead atoms. The third kappa shape index (κ3) is 2.44. The normalized spacial score (nSPS) is 17.3. The van der Waals surface area contributed by atoms with Crippen molar-refractivity contribution in [1.82, 2.24) is 20.0 Å². The highest BCUT2D eigenvalue weighted by atomic mass is 16.5. The topological polar surface area (TPSA) is 64.3 Å². The van der Waals surface area contributed by atoms with Crippen LogP contribution in [-0.2, 0) is 10.3 Å². The highest BCUT2D eigenvalue weighted by Gasteiger charge is 2.35. The minimum atomic E-state index is -0.290. The number of nitrogens with zero attached hydrogens (tertiary/aromatic N) is 4. The van der Waals surface area contributed by atoms with Crippen molar-refractivity contribution < 1.29 is 9.26 Å². The van der Waals surface area contributed by atoms with Gasteiger partial charge in [-0.05, 0) is 26.0 Å². The predicted octanol–water partition coefficient (Wildman–Crippen LogP) is 1.70. The minimum Gasteiger partial charge on any atom is -0.379 e. The summed E-state index contributed by atoms with van der Waals surface area (Å²) in [4.78, 5) is 10.8. The van der Waals surface area contributed by atoms with E-state index in [1.54, 1.807) is 12.4 Å². The summed E-state index contributed by atoms with van der Waals surface area (Å²) in [7, 11) is 0. The van der Waals surface area contributed by atoms with Gasteiger partial charge in [-0.3, -0.25) is 9.88 Å². The lowest BCUT2D eigenvalue weighted by Gasteiger charge is -2.37. The maximum Gasteiger partial charge on any atom is 0.246 e. The Morgan fingerprint density at radius 2 is 1.85 bits per heavy atom. The van der Waals surface area contributed by atoms with Crippen LogP contribution in [0.2, 0.25) is 0 Å². The van der Waals surface area contributed by atoms with Gasteiger partial charge in [0.25, 0.3) is 0 Å². The van der Waals surface area contributed by atoms with Crippen LogP contribution in [0.1, 0.15) is 19.7 Å². The second kappa shape index (κ2) is 5.30. The van der Waals surface area contributed by atoms with Gasteiger partial charge in [0, 0.05) is 31.0 Å². The molecular formula is C14H18N4O2. The van der Waals surface area contributed by atoms with E-state index in [9.17, 15) is 0 Å². The van der Waals surface area contributed by atoms with Crippen molar-refractivity contribution in [2.75, 3.05) is 26.3 Å². The van der Waals surface area contributed by atoms with Gasteiger partial charge in [-0.1, -0.05) is 5.16 Å².